The number of unbranched alkanes of at least 4 members (excludes halogenated alkanes) is 7. The van der Waals surface area contributed by atoms with Gasteiger partial charge < -0.3 is 10.5 Å². The highest BCUT2D eigenvalue weighted by Crippen LogP contribution is 2.10. The SMILES string of the molecule is COC(=O)CCCCCCCCCCN(O)C(=N)N. The fourth-order valence-corrected chi connectivity index (χ4v) is 1.81. The highest BCUT2D eigenvalue weighted by atomic mass is 16.5. The van der Waals surface area contributed by atoms with E-state index in [-0.39, 0.29) is 11.9 Å². The van der Waals surface area contributed by atoms with E-state index >= 15 is 0 Å². The van der Waals surface area contributed by atoms with Gasteiger partial charge in [0.15, 0.2) is 0 Å². The van der Waals surface area contributed by atoms with E-state index in [0.29, 0.717) is 13.0 Å². The minimum Gasteiger partial charge on any atom is -0.469 e. The van der Waals surface area contributed by atoms with Gasteiger partial charge in [-0.15, -0.1) is 0 Å². The standard InChI is InChI=1S/C13H27N3O3/c1-19-12(17)10-8-6-4-2-3-5-7-9-11-16(18)13(14)15/h18H,2-11H2,1H3,(H3,14,15). The molecule has 19 heavy (non-hydrogen) atoms. The predicted octanol–water partition coefficient (Wildman–Crippen LogP) is 2.25. The maximum atomic E-state index is 10.9. The van der Waals surface area contributed by atoms with Crippen LogP contribution in [0.15, 0.2) is 0 Å². The van der Waals surface area contributed by atoms with E-state index in [2.05, 4.69) is 4.74 Å². The second-order valence-corrected chi connectivity index (χ2v) is 4.66. The van der Waals surface area contributed by atoms with Crippen LogP contribution in [-0.4, -0.2) is 35.9 Å². The van der Waals surface area contributed by atoms with Gasteiger partial charge >= 0.3 is 5.97 Å². The number of esters is 1. The third-order valence-electron chi connectivity index (χ3n) is 3.01. The Hall–Kier alpha value is -1.30. The quantitative estimate of drug-likeness (QED) is 0.176. The number of carbonyl (C=O) groups excluding carboxylic acids is 1. The third-order valence-corrected chi connectivity index (χ3v) is 3.01. The van der Waals surface area contributed by atoms with Crippen molar-refractivity contribution in [3.63, 3.8) is 0 Å². The van der Waals surface area contributed by atoms with Gasteiger partial charge in [-0.05, 0) is 12.8 Å². The summed E-state index contributed by atoms with van der Waals surface area (Å²) in [4.78, 5) is 10.9. The zero-order chi connectivity index (χ0) is 14.5. The van der Waals surface area contributed by atoms with E-state index in [9.17, 15) is 4.79 Å². The summed E-state index contributed by atoms with van der Waals surface area (Å²) in [5.41, 5.74) is 5.10. The Morgan fingerprint density at radius 1 is 1.11 bits per heavy atom. The Kier molecular flexibility index (Phi) is 11.0. The van der Waals surface area contributed by atoms with Crippen LogP contribution in [0.5, 0.6) is 0 Å². The molecule has 0 heterocycles. The number of nitrogens with two attached hydrogens (primary N) is 1. The van der Waals surface area contributed by atoms with Crippen LogP contribution in [-0.2, 0) is 9.53 Å². The molecule has 0 aliphatic rings. The van der Waals surface area contributed by atoms with Gasteiger partial charge in [0.1, 0.15) is 0 Å². The number of rotatable bonds is 11. The van der Waals surface area contributed by atoms with E-state index in [0.717, 1.165) is 43.6 Å². The van der Waals surface area contributed by atoms with Gasteiger partial charge in [0.2, 0.25) is 5.96 Å². The monoisotopic (exact) mass is 273 g/mol. The Labute approximate surface area is 115 Å². The van der Waals surface area contributed by atoms with Crippen molar-refractivity contribution in [1.29, 1.82) is 5.41 Å². The summed E-state index contributed by atoms with van der Waals surface area (Å²) >= 11 is 0. The third kappa shape index (κ3) is 11.5. The van der Waals surface area contributed by atoms with E-state index in [1.165, 1.54) is 20.0 Å². The Morgan fingerprint density at radius 3 is 2.05 bits per heavy atom. The summed E-state index contributed by atoms with van der Waals surface area (Å²) in [6, 6.07) is 0. The summed E-state index contributed by atoms with van der Waals surface area (Å²) in [5.74, 6) is -0.426. The van der Waals surface area contributed by atoms with Crippen molar-refractivity contribution in [3.8, 4) is 0 Å². The lowest BCUT2D eigenvalue weighted by atomic mass is 10.1. The maximum absolute atomic E-state index is 10.9. The number of nitrogens with one attached hydrogen (secondary N) is 1. The van der Waals surface area contributed by atoms with E-state index in [1.807, 2.05) is 0 Å². The molecule has 0 atom stereocenters. The number of methoxy groups -OCH3 is 1. The molecule has 4 N–H and O–H groups in total. The van der Waals surface area contributed by atoms with Gasteiger partial charge in [0, 0.05) is 13.0 Å². The zero-order valence-corrected chi connectivity index (χ0v) is 11.9. The van der Waals surface area contributed by atoms with Gasteiger partial charge in [-0.25, -0.2) is 5.06 Å². The minimum atomic E-state index is -0.300. The zero-order valence-electron chi connectivity index (χ0n) is 11.9. The molecule has 6 heteroatoms. The van der Waals surface area contributed by atoms with Crippen LogP contribution in [0.3, 0.4) is 0 Å². The summed E-state index contributed by atoms with van der Waals surface area (Å²) < 4.78 is 4.57. The molecule has 0 aliphatic carbocycles. The van der Waals surface area contributed by atoms with Crippen molar-refractivity contribution >= 4 is 11.9 Å². The molecule has 0 saturated heterocycles. The van der Waals surface area contributed by atoms with Crippen LogP contribution in [0.25, 0.3) is 0 Å². The topological polar surface area (TPSA) is 99.6 Å². The lowest BCUT2D eigenvalue weighted by Crippen LogP contribution is -2.34. The first-order chi connectivity index (χ1) is 9.07. The molecule has 0 spiro atoms. The molecule has 0 radical (unpaired) electrons. The molecule has 0 amide bonds. The second-order valence-electron chi connectivity index (χ2n) is 4.66. The van der Waals surface area contributed by atoms with E-state index in [1.54, 1.807) is 0 Å². The first kappa shape index (κ1) is 17.7. The first-order valence-electron chi connectivity index (χ1n) is 6.95. The average molecular weight is 273 g/mol. The number of hydrogen-bond donors (Lipinski definition) is 3. The second kappa shape index (κ2) is 11.8. The number of hydrogen-bond acceptors (Lipinski definition) is 4. The number of ether oxygens (including phenoxy) is 1. The van der Waals surface area contributed by atoms with Crippen LogP contribution in [0.4, 0.5) is 0 Å². The minimum absolute atomic E-state index is 0.126. The molecule has 0 rings (SSSR count). The van der Waals surface area contributed by atoms with Crippen molar-refractivity contribution in [3.05, 3.63) is 0 Å². The Balaban J connectivity index is 3.15. The summed E-state index contributed by atoms with van der Waals surface area (Å²) in [5, 5.41) is 16.9. The number of hydroxylamine groups is 2. The highest BCUT2D eigenvalue weighted by molar-refractivity contribution is 5.73. The largest absolute Gasteiger partial charge is 0.469 e. The number of nitrogens with zero attached hydrogens (tertiary/aromatic N) is 1. The lowest BCUT2D eigenvalue weighted by Gasteiger charge is -2.13. The highest BCUT2D eigenvalue weighted by Gasteiger charge is 2.01. The molecule has 0 aromatic carbocycles. The summed E-state index contributed by atoms with van der Waals surface area (Å²) in [6.45, 7) is 0.425. The number of guanidine groups is 1. The van der Waals surface area contributed by atoms with E-state index in [4.69, 9.17) is 16.4 Å². The molecule has 0 saturated carbocycles. The normalized spacial score (nSPS) is 10.2. The smallest absolute Gasteiger partial charge is 0.305 e. The Bertz CT molecular complexity index is 260. The van der Waals surface area contributed by atoms with Crippen LogP contribution >= 0.6 is 0 Å². The van der Waals surface area contributed by atoms with Gasteiger partial charge in [0.05, 0.1) is 7.11 Å². The van der Waals surface area contributed by atoms with Crippen LogP contribution in [0.2, 0.25) is 0 Å². The van der Waals surface area contributed by atoms with Crippen LogP contribution < -0.4 is 5.73 Å². The van der Waals surface area contributed by atoms with Gasteiger partial charge in [-0.2, -0.15) is 0 Å². The molecule has 0 bridgehead atoms. The molecule has 0 unspecified atom stereocenters. The van der Waals surface area contributed by atoms with Gasteiger partial charge in [-0.1, -0.05) is 38.5 Å². The molecule has 112 valence electrons. The van der Waals surface area contributed by atoms with E-state index < -0.39 is 0 Å². The predicted molar refractivity (Wildman–Crippen MR) is 74.0 cm³/mol. The summed E-state index contributed by atoms with van der Waals surface area (Å²) in [6.07, 6.45) is 9.01. The Morgan fingerprint density at radius 2 is 1.58 bits per heavy atom. The van der Waals surface area contributed by atoms with Crippen molar-refractivity contribution in [2.45, 2.75) is 57.8 Å². The van der Waals surface area contributed by atoms with Crippen molar-refractivity contribution in [1.82, 2.24) is 5.06 Å². The fourth-order valence-electron chi connectivity index (χ4n) is 1.81. The molecule has 0 fully saturated rings. The van der Waals surface area contributed by atoms with Crippen molar-refractivity contribution in [2.75, 3.05) is 13.7 Å². The molecular weight excluding hydrogens is 246 g/mol. The van der Waals surface area contributed by atoms with Gasteiger partial charge in [0.25, 0.3) is 0 Å². The fraction of sp³-hybridized carbons (Fsp3) is 0.846. The molecule has 0 aromatic heterocycles. The molecule has 6 nitrogen and oxygen atoms in total. The maximum Gasteiger partial charge on any atom is 0.305 e. The van der Waals surface area contributed by atoms with Crippen LogP contribution in [0.1, 0.15) is 57.8 Å². The van der Waals surface area contributed by atoms with Crippen molar-refractivity contribution < 1.29 is 14.7 Å². The van der Waals surface area contributed by atoms with Gasteiger partial charge in [-0.3, -0.25) is 15.4 Å². The van der Waals surface area contributed by atoms with Crippen molar-refractivity contribution in [2.24, 2.45) is 5.73 Å². The number of carbonyl (C=O) groups is 1. The first-order valence-corrected chi connectivity index (χ1v) is 6.95. The molecule has 0 aromatic rings. The molecule has 0 aliphatic heterocycles. The average Bonchev–Trinajstić information content (AvgIpc) is 2.39. The lowest BCUT2D eigenvalue weighted by molar-refractivity contribution is -0.140. The summed E-state index contributed by atoms with van der Waals surface area (Å²) in [7, 11) is 1.42. The van der Waals surface area contributed by atoms with Crippen LogP contribution in [0, 0.1) is 5.41 Å². The molecular formula is C13H27N3O3.